The van der Waals surface area contributed by atoms with Crippen molar-refractivity contribution in [2.75, 3.05) is 7.05 Å². The van der Waals surface area contributed by atoms with E-state index >= 15 is 0 Å². The van der Waals surface area contributed by atoms with Crippen molar-refractivity contribution in [2.24, 2.45) is 29.1 Å². The first kappa shape index (κ1) is 16.0. The van der Waals surface area contributed by atoms with E-state index < -0.39 is 0 Å². The molecule has 108 valence electrons. The van der Waals surface area contributed by atoms with Gasteiger partial charge in [0.2, 0.25) is 0 Å². The molecule has 1 heteroatoms. The molecule has 1 aliphatic carbocycles. The van der Waals surface area contributed by atoms with Crippen LogP contribution in [0.4, 0.5) is 0 Å². The van der Waals surface area contributed by atoms with E-state index in [0.29, 0.717) is 11.5 Å². The summed E-state index contributed by atoms with van der Waals surface area (Å²) in [6.07, 6.45) is 5.60. The van der Waals surface area contributed by atoms with Crippen LogP contribution in [0.15, 0.2) is 0 Å². The summed E-state index contributed by atoms with van der Waals surface area (Å²) in [7, 11) is 2.16. The summed E-state index contributed by atoms with van der Waals surface area (Å²) in [4.78, 5) is 0. The zero-order valence-electron chi connectivity index (χ0n) is 13.7. The fraction of sp³-hybridized carbons (Fsp3) is 1.00. The molecule has 1 saturated carbocycles. The van der Waals surface area contributed by atoms with Crippen LogP contribution in [-0.4, -0.2) is 13.1 Å². The van der Waals surface area contributed by atoms with Crippen LogP contribution in [0.3, 0.4) is 0 Å². The molecule has 0 aromatic heterocycles. The van der Waals surface area contributed by atoms with Gasteiger partial charge in [0, 0.05) is 6.04 Å². The Morgan fingerprint density at radius 3 is 1.94 bits per heavy atom. The lowest BCUT2D eigenvalue weighted by Crippen LogP contribution is -2.40. The molecule has 0 amide bonds. The van der Waals surface area contributed by atoms with Crippen LogP contribution in [0.5, 0.6) is 0 Å². The van der Waals surface area contributed by atoms with E-state index in [1.807, 2.05) is 0 Å². The number of nitrogens with one attached hydrogen (secondary N) is 1. The number of hydrogen-bond acceptors (Lipinski definition) is 1. The van der Waals surface area contributed by atoms with Gasteiger partial charge in [-0.25, -0.2) is 0 Å². The van der Waals surface area contributed by atoms with Gasteiger partial charge in [0.15, 0.2) is 0 Å². The molecule has 1 fully saturated rings. The Morgan fingerprint density at radius 1 is 1.06 bits per heavy atom. The van der Waals surface area contributed by atoms with Crippen LogP contribution in [-0.2, 0) is 0 Å². The molecular formula is C17H35N. The smallest absolute Gasteiger partial charge is 0.00952 e. The van der Waals surface area contributed by atoms with Crippen LogP contribution >= 0.6 is 0 Å². The maximum Gasteiger partial charge on any atom is 0.00952 e. The van der Waals surface area contributed by atoms with Gasteiger partial charge >= 0.3 is 0 Å². The van der Waals surface area contributed by atoms with Crippen molar-refractivity contribution >= 4 is 0 Å². The molecule has 4 atom stereocenters. The monoisotopic (exact) mass is 253 g/mol. The highest BCUT2D eigenvalue weighted by atomic mass is 14.9. The third kappa shape index (κ3) is 4.57. The summed E-state index contributed by atoms with van der Waals surface area (Å²) in [6, 6.07) is 0.712. The average molecular weight is 253 g/mol. The Bertz CT molecular complexity index is 230. The predicted octanol–water partition coefficient (Wildman–Crippen LogP) is 4.72. The predicted molar refractivity (Wildman–Crippen MR) is 81.8 cm³/mol. The molecule has 4 unspecified atom stereocenters. The minimum Gasteiger partial charge on any atom is -0.317 e. The molecule has 0 aromatic carbocycles. The van der Waals surface area contributed by atoms with Crippen molar-refractivity contribution in [2.45, 2.75) is 73.3 Å². The highest BCUT2D eigenvalue weighted by molar-refractivity contribution is 4.86. The van der Waals surface area contributed by atoms with E-state index in [9.17, 15) is 0 Å². The zero-order valence-corrected chi connectivity index (χ0v) is 13.7. The maximum absolute atomic E-state index is 3.62. The lowest BCUT2D eigenvalue weighted by molar-refractivity contribution is 0.142. The normalized spacial score (nSPS) is 33.2. The SMILES string of the molecule is CNC(CC(C)C(C)(C)C)C1CC(C)CC(C)C1. The van der Waals surface area contributed by atoms with E-state index in [2.05, 4.69) is 53.9 Å². The van der Waals surface area contributed by atoms with Crippen molar-refractivity contribution in [3.8, 4) is 0 Å². The van der Waals surface area contributed by atoms with Crippen molar-refractivity contribution in [3.63, 3.8) is 0 Å². The molecular weight excluding hydrogens is 218 g/mol. The van der Waals surface area contributed by atoms with Gasteiger partial charge in [-0.15, -0.1) is 0 Å². The summed E-state index contributed by atoms with van der Waals surface area (Å²) >= 11 is 0. The molecule has 0 spiro atoms. The van der Waals surface area contributed by atoms with Crippen molar-refractivity contribution in [1.82, 2.24) is 5.32 Å². The summed E-state index contributed by atoms with van der Waals surface area (Å²) in [5.41, 5.74) is 0.432. The standard InChI is InChI=1S/C17H35N/c1-12-8-13(2)10-15(9-12)16(18-7)11-14(3)17(4,5)6/h12-16,18H,8-11H2,1-7H3. The lowest BCUT2D eigenvalue weighted by Gasteiger charge is -2.39. The van der Waals surface area contributed by atoms with Gasteiger partial charge in [0.05, 0.1) is 0 Å². The first-order valence-electron chi connectivity index (χ1n) is 7.91. The van der Waals surface area contributed by atoms with Crippen LogP contribution in [0.1, 0.15) is 67.2 Å². The molecule has 1 rings (SSSR count). The fourth-order valence-electron chi connectivity index (χ4n) is 3.62. The lowest BCUT2D eigenvalue weighted by atomic mass is 9.70. The minimum absolute atomic E-state index is 0.432. The second kappa shape index (κ2) is 6.41. The Morgan fingerprint density at radius 2 is 1.56 bits per heavy atom. The second-order valence-electron chi connectivity index (χ2n) is 8.08. The molecule has 0 bridgehead atoms. The van der Waals surface area contributed by atoms with E-state index in [0.717, 1.165) is 23.7 Å². The highest BCUT2D eigenvalue weighted by Gasteiger charge is 2.32. The van der Waals surface area contributed by atoms with Crippen molar-refractivity contribution in [3.05, 3.63) is 0 Å². The van der Waals surface area contributed by atoms with Gasteiger partial charge in [0.25, 0.3) is 0 Å². The molecule has 1 aliphatic rings. The minimum atomic E-state index is 0.432. The van der Waals surface area contributed by atoms with Gasteiger partial charge in [-0.1, -0.05) is 41.5 Å². The van der Waals surface area contributed by atoms with Gasteiger partial charge in [-0.05, 0) is 61.8 Å². The van der Waals surface area contributed by atoms with Crippen LogP contribution in [0.25, 0.3) is 0 Å². The quantitative estimate of drug-likeness (QED) is 0.764. The third-order valence-electron chi connectivity index (χ3n) is 5.24. The summed E-state index contributed by atoms with van der Waals surface area (Å²) in [5.74, 6) is 3.50. The van der Waals surface area contributed by atoms with Crippen LogP contribution in [0, 0.1) is 29.1 Å². The fourth-order valence-corrected chi connectivity index (χ4v) is 3.62. The molecule has 1 N–H and O–H groups in total. The highest BCUT2D eigenvalue weighted by Crippen LogP contribution is 2.38. The molecule has 1 nitrogen and oxygen atoms in total. The first-order chi connectivity index (χ1) is 8.24. The van der Waals surface area contributed by atoms with E-state index in [1.54, 1.807) is 0 Å². The van der Waals surface area contributed by atoms with E-state index in [-0.39, 0.29) is 0 Å². The van der Waals surface area contributed by atoms with Gasteiger partial charge < -0.3 is 5.32 Å². The Balaban J connectivity index is 2.60. The maximum atomic E-state index is 3.62. The second-order valence-corrected chi connectivity index (χ2v) is 8.08. The Kier molecular flexibility index (Phi) is 5.70. The zero-order chi connectivity index (χ0) is 13.9. The topological polar surface area (TPSA) is 12.0 Å². The van der Waals surface area contributed by atoms with Crippen LogP contribution in [0.2, 0.25) is 0 Å². The van der Waals surface area contributed by atoms with E-state index in [1.165, 1.54) is 25.7 Å². The van der Waals surface area contributed by atoms with Gasteiger partial charge in [0.1, 0.15) is 0 Å². The molecule has 0 radical (unpaired) electrons. The average Bonchev–Trinajstić information content (AvgIpc) is 2.22. The number of hydrogen-bond donors (Lipinski definition) is 1. The molecule has 0 aliphatic heterocycles. The summed E-state index contributed by atoms with van der Waals surface area (Å²) in [5, 5.41) is 3.62. The largest absolute Gasteiger partial charge is 0.317 e. The molecule has 0 aromatic rings. The first-order valence-corrected chi connectivity index (χ1v) is 7.91. The van der Waals surface area contributed by atoms with Gasteiger partial charge in [-0.2, -0.15) is 0 Å². The van der Waals surface area contributed by atoms with E-state index in [4.69, 9.17) is 0 Å². The van der Waals surface area contributed by atoms with Gasteiger partial charge in [-0.3, -0.25) is 0 Å². The molecule has 0 heterocycles. The van der Waals surface area contributed by atoms with Crippen LogP contribution < -0.4 is 5.32 Å². The summed E-state index contributed by atoms with van der Waals surface area (Å²) in [6.45, 7) is 14.4. The Labute approximate surface area is 115 Å². The third-order valence-corrected chi connectivity index (χ3v) is 5.24. The summed E-state index contributed by atoms with van der Waals surface area (Å²) < 4.78 is 0. The van der Waals surface area contributed by atoms with Crippen molar-refractivity contribution < 1.29 is 0 Å². The number of rotatable bonds is 4. The molecule has 18 heavy (non-hydrogen) atoms. The van der Waals surface area contributed by atoms with Crippen molar-refractivity contribution in [1.29, 1.82) is 0 Å². The molecule has 0 saturated heterocycles. The Hall–Kier alpha value is -0.0400.